The molecule has 3 heterocycles. The summed E-state index contributed by atoms with van der Waals surface area (Å²) in [4.78, 5) is 8.90. The molecule has 0 aliphatic heterocycles. The summed E-state index contributed by atoms with van der Waals surface area (Å²) in [5.41, 5.74) is 4.89. The Morgan fingerprint density at radius 1 is 1.00 bits per heavy atom. The van der Waals surface area contributed by atoms with Crippen LogP contribution >= 0.6 is 0 Å². The summed E-state index contributed by atoms with van der Waals surface area (Å²) in [6, 6.07) is 15.9. The van der Waals surface area contributed by atoms with E-state index >= 15 is 0 Å². The highest BCUT2D eigenvalue weighted by molar-refractivity contribution is 5.81. The summed E-state index contributed by atoms with van der Waals surface area (Å²) < 4.78 is 1.99. The molecule has 4 rings (SSSR count). The molecule has 0 atom stereocenters. The van der Waals surface area contributed by atoms with Gasteiger partial charge in [0.1, 0.15) is 0 Å². The zero-order valence-electron chi connectivity index (χ0n) is 9.54. The maximum atomic E-state index is 4.57. The van der Waals surface area contributed by atoms with E-state index in [9.17, 15) is 0 Å². The van der Waals surface area contributed by atoms with Gasteiger partial charge in [-0.15, -0.1) is 0 Å². The van der Waals surface area contributed by atoms with Gasteiger partial charge in [-0.05, 0) is 24.3 Å². The fourth-order valence-corrected chi connectivity index (χ4v) is 2.19. The first-order valence-corrected chi connectivity index (χ1v) is 5.79. The highest BCUT2D eigenvalue weighted by atomic mass is 15.3. The molecule has 4 nitrogen and oxygen atoms in total. The van der Waals surface area contributed by atoms with Crippen LogP contribution in [0.15, 0.2) is 54.7 Å². The summed E-state index contributed by atoms with van der Waals surface area (Å²) in [6.45, 7) is 0. The number of para-hydroxylation sites is 2. The number of imidazole rings is 1. The number of pyridine rings is 1. The molecule has 86 valence electrons. The molecule has 1 aromatic carbocycles. The van der Waals surface area contributed by atoms with Crippen LogP contribution in [-0.4, -0.2) is 19.6 Å². The van der Waals surface area contributed by atoms with Crippen molar-refractivity contribution in [3.05, 3.63) is 54.7 Å². The van der Waals surface area contributed by atoms with Gasteiger partial charge in [0.2, 0.25) is 0 Å². The van der Waals surface area contributed by atoms with Crippen LogP contribution in [0, 0.1) is 0 Å². The molecule has 0 saturated heterocycles. The predicted molar refractivity (Wildman–Crippen MR) is 70.3 cm³/mol. The molecule has 0 fully saturated rings. The first-order chi connectivity index (χ1) is 8.92. The van der Waals surface area contributed by atoms with Crippen molar-refractivity contribution in [1.29, 1.82) is 0 Å². The van der Waals surface area contributed by atoms with Crippen molar-refractivity contribution in [2.24, 2.45) is 0 Å². The third kappa shape index (κ3) is 1.26. The monoisotopic (exact) mass is 234 g/mol. The van der Waals surface area contributed by atoms with Gasteiger partial charge < -0.3 is 0 Å². The van der Waals surface area contributed by atoms with Gasteiger partial charge in [0.05, 0.1) is 22.4 Å². The zero-order valence-corrected chi connectivity index (χ0v) is 9.54. The molecule has 0 saturated carbocycles. The van der Waals surface area contributed by atoms with Crippen molar-refractivity contribution in [3.8, 4) is 11.4 Å². The Labute approximate surface area is 103 Å². The number of nitrogens with zero attached hydrogens (tertiary/aromatic N) is 3. The van der Waals surface area contributed by atoms with E-state index in [4.69, 9.17) is 0 Å². The molecule has 0 amide bonds. The van der Waals surface area contributed by atoms with Crippen LogP contribution < -0.4 is 0 Å². The van der Waals surface area contributed by atoms with E-state index in [1.165, 1.54) is 0 Å². The zero-order chi connectivity index (χ0) is 11.9. The number of rotatable bonds is 1. The van der Waals surface area contributed by atoms with Gasteiger partial charge in [0.15, 0.2) is 5.65 Å². The number of nitrogens with one attached hydrogen (secondary N) is 1. The van der Waals surface area contributed by atoms with Crippen LogP contribution in [0.4, 0.5) is 0 Å². The molecule has 0 aliphatic carbocycles. The fraction of sp³-hybridized carbons (Fsp3) is 0. The molecule has 0 bridgehead atoms. The number of H-pyrrole nitrogens is 1. The summed E-state index contributed by atoms with van der Waals surface area (Å²) in [5.74, 6) is 0. The van der Waals surface area contributed by atoms with Gasteiger partial charge >= 0.3 is 0 Å². The average Bonchev–Trinajstić information content (AvgIpc) is 2.97. The Morgan fingerprint density at radius 3 is 2.78 bits per heavy atom. The lowest BCUT2D eigenvalue weighted by molar-refractivity contribution is 1.01. The highest BCUT2D eigenvalue weighted by Gasteiger charge is 2.08. The standard InChI is InChI=1S/C14H10N4/c1-2-7-13-11(6-1)16-14-9-12(17-18(13)14)10-5-3-4-8-15-10/h1-9,17H. The van der Waals surface area contributed by atoms with Crippen LogP contribution in [0.2, 0.25) is 0 Å². The van der Waals surface area contributed by atoms with E-state index in [-0.39, 0.29) is 0 Å². The van der Waals surface area contributed by atoms with E-state index in [2.05, 4.69) is 15.1 Å². The molecule has 1 N–H and O–H groups in total. The molecule has 4 heteroatoms. The van der Waals surface area contributed by atoms with E-state index in [0.29, 0.717) is 0 Å². The third-order valence-electron chi connectivity index (χ3n) is 3.03. The molecule has 3 aromatic heterocycles. The number of hydrogen-bond donors (Lipinski definition) is 1. The van der Waals surface area contributed by atoms with Gasteiger partial charge in [0.25, 0.3) is 0 Å². The van der Waals surface area contributed by atoms with Crippen molar-refractivity contribution in [2.45, 2.75) is 0 Å². The summed E-state index contributed by atoms with van der Waals surface area (Å²) >= 11 is 0. The average molecular weight is 234 g/mol. The fourth-order valence-electron chi connectivity index (χ4n) is 2.19. The SMILES string of the molecule is c1ccc(-c2cc3nc4ccccc4n3[nH]2)nc1. The third-order valence-corrected chi connectivity index (χ3v) is 3.03. The Balaban J connectivity index is 2.00. The van der Waals surface area contributed by atoms with Crippen LogP contribution in [0.5, 0.6) is 0 Å². The van der Waals surface area contributed by atoms with Crippen molar-refractivity contribution in [2.75, 3.05) is 0 Å². The molecule has 4 aromatic rings. The van der Waals surface area contributed by atoms with Crippen molar-refractivity contribution >= 4 is 16.7 Å². The first-order valence-electron chi connectivity index (χ1n) is 5.79. The molecular weight excluding hydrogens is 224 g/mol. The Kier molecular flexibility index (Phi) is 1.80. The topological polar surface area (TPSA) is 46.0 Å². The van der Waals surface area contributed by atoms with Gasteiger partial charge in [0, 0.05) is 12.3 Å². The maximum absolute atomic E-state index is 4.57. The van der Waals surface area contributed by atoms with Crippen LogP contribution in [0.25, 0.3) is 28.1 Å². The van der Waals surface area contributed by atoms with Crippen molar-refractivity contribution < 1.29 is 0 Å². The van der Waals surface area contributed by atoms with Gasteiger partial charge in [-0.1, -0.05) is 18.2 Å². The summed E-state index contributed by atoms with van der Waals surface area (Å²) in [7, 11) is 0. The molecule has 0 unspecified atom stereocenters. The van der Waals surface area contributed by atoms with Crippen LogP contribution in [0.3, 0.4) is 0 Å². The van der Waals surface area contributed by atoms with Crippen LogP contribution in [0.1, 0.15) is 0 Å². The lowest BCUT2D eigenvalue weighted by Crippen LogP contribution is -1.86. The lowest BCUT2D eigenvalue weighted by atomic mass is 10.3. The second-order valence-corrected chi connectivity index (χ2v) is 4.18. The van der Waals surface area contributed by atoms with Crippen LogP contribution in [-0.2, 0) is 0 Å². The Morgan fingerprint density at radius 2 is 1.89 bits per heavy atom. The van der Waals surface area contributed by atoms with Gasteiger partial charge in [-0.25, -0.2) is 9.50 Å². The minimum atomic E-state index is 0.914. The van der Waals surface area contributed by atoms with Gasteiger partial charge in [-0.2, -0.15) is 0 Å². The number of fused-ring (bicyclic) bond motifs is 3. The second kappa shape index (κ2) is 3.43. The highest BCUT2D eigenvalue weighted by Crippen LogP contribution is 2.21. The second-order valence-electron chi connectivity index (χ2n) is 4.18. The van der Waals surface area contributed by atoms with Gasteiger partial charge in [-0.3, -0.25) is 10.1 Å². The number of benzene rings is 1. The first kappa shape index (κ1) is 9.41. The number of aromatic amines is 1. The van der Waals surface area contributed by atoms with Crippen molar-refractivity contribution in [3.63, 3.8) is 0 Å². The van der Waals surface area contributed by atoms with Crippen molar-refractivity contribution in [1.82, 2.24) is 19.6 Å². The minimum absolute atomic E-state index is 0.914. The smallest absolute Gasteiger partial charge is 0.154 e. The molecule has 0 aliphatic rings. The van der Waals surface area contributed by atoms with E-state index < -0.39 is 0 Å². The summed E-state index contributed by atoms with van der Waals surface area (Å²) in [6.07, 6.45) is 1.79. The Hall–Kier alpha value is -2.62. The molecular formula is C14H10N4. The number of hydrogen-bond acceptors (Lipinski definition) is 2. The maximum Gasteiger partial charge on any atom is 0.154 e. The number of aromatic nitrogens is 4. The van der Waals surface area contributed by atoms with E-state index in [0.717, 1.165) is 28.1 Å². The summed E-state index contributed by atoms with van der Waals surface area (Å²) in [5, 5.41) is 3.33. The quantitative estimate of drug-likeness (QED) is 0.550. The molecule has 18 heavy (non-hydrogen) atoms. The molecule has 0 spiro atoms. The lowest BCUT2D eigenvalue weighted by Gasteiger charge is -1.95. The van der Waals surface area contributed by atoms with E-state index in [1.807, 2.05) is 53.0 Å². The van der Waals surface area contributed by atoms with E-state index in [1.54, 1.807) is 6.20 Å². The predicted octanol–water partition coefficient (Wildman–Crippen LogP) is 2.88. The minimum Gasteiger partial charge on any atom is -0.290 e. The largest absolute Gasteiger partial charge is 0.290 e. The normalized spacial score (nSPS) is 11.3. The Bertz CT molecular complexity index is 827. The molecule has 0 radical (unpaired) electrons.